The number of amides is 1. The lowest BCUT2D eigenvalue weighted by atomic mass is 9.77. The van der Waals surface area contributed by atoms with Gasteiger partial charge in [0.05, 0.1) is 12.8 Å². The summed E-state index contributed by atoms with van der Waals surface area (Å²) in [5.74, 6) is 1.86. The minimum Gasteiger partial charge on any atom is -0.493 e. The van der Waals surface area contributed by atoms with Gasteiger partial charge < -0.3 is 18.6 Å². The van der Waals surface area contributed by atoms with Gasteiger partial charge in [0.15, 0.2) is 17.1 Å². The van der Waals surface area contributed by atoms with Crippen molar-refractivity contribution in [3.8, 4) is 5.75 Å². The Hall–Kier alpha value is -2.80. The van der Waals surface area contributed by atoms with E-state index in [1.807, 2.05) is 43.0 Å². The summed E-state index contributed by atoms with van der Waals surface area (Å²) in [7, 11) is 1.61. The zero-order valence-corrected chi connectivity index (χ0v) is 17.7. The van der Waals surface area contributed by atoms with Crippen molar-refractivity contribution in [2.75, 3.05) is 26.7 Å². The molecule has 1 spiro atoms. The van der Waals surface area contributed by atoms with Gasteiger partial charge in [0.1, 0.15) is 5.76 Å². The average molecular weight is 409 g/mol. The third-order valence-corrected chi connectivity index (χ3v) is 6.83. The summed E-state index contributed by atoms with van der Waals surface area (Å²) in [5.41, 5.74) is 2.78. The summed E-state index contributed by atoms with van der Waals surface area (Å²) in [6.45, 7) is 7.30. The topological polar surface area (TPSA) is 72.0 Å². The van der Waals surface area contributed by atoms with Crippen molar-refractivity contribution in [2.45, 2.75) is 45.2 Å². The molecular formula is C23H27N3O4. The maximum Gasteiger partial charge on any atom is 0.289 e. The molecule has 0 radical (unpaired) electrons. The van der Waals surface area contributed by atoms with Gasteiger partial charge in [0.25, 0.3) is 5.91 Å². The molecule has 0 aliphatic carbocycles. The highest BCUT2D eigenvalue weighted by Crippen LogP contribution is 2.41. The van der Waals surface area contributed by atoms with Gasteiger partial charge in [-0.3, -0.25) is 9.69 Å². The fourth-order valence-corrected chi connectivity index (χ4v) is 4.96. The van der Waals surface area contributed by atoms with E-state index in [4.69, 9.17) is 13.7 Å². The van der Waals surface area contributed by atoms with E-state index in [-0.39, 0.29) is 11.4 Å². The highest BCUT2D eigenvalue weighted by atomic mass is 16.5. The number of fused-ring (bicyclic) bond motifs is 1. The Balaban J connectivity index is 1.36. The van der Waals surface area contributed by atoms with Crippen LogP contribution in [0.5, 0.6) is 5.75 Å². The molecule has 2 aliphatic heterocycles. The van der Waals surface area contributed by atoms with Crippen LogP contribution in [0.4, 0.5) is 0 Å². The van der Waals surface area contributed by atoms with Crippen LogP contribution in [0.25, 0.3) is 11.0 Å². The lowest BCUT2D eigenvalue weighted by molar-refractivity contribution is -0.0655. The number of aryl methyl sites for hydroxylation is 2. The van der Waals surface area contributed by atoms with E-state index in [9.17, 15) is 4.79 Å². The SMILES string of the molecule is COc1cccc2cc(C(=O)N3CCC[C@@]4(CCN4Cc4c(C)noc4C)C3)oc12. The largest absolute Gasteiger partial charge is 0.493 e. The Morgan fingerprint density at radius 3 is 2.83 bits per heavy atom. The maximum absolute atomic E-state index is 13.3. The van der Waals surface area contributed by atoms with Crippen molar-refractivity contribution in [1.82, 2.24) is 15.0 Å². The summed E-state index contributed by atoms with van der Waals surface area (Å²) >= 11 is 0. The van der Waals surface area contributed by atoms with Gasteiger partial charge in [0.2, 0.25) is 0 Å². The number of aromatic nitrogens is 1. The number of carbonyl (C=O) groups is 1. The molecule has 158 valence electrons. The van der Waals surface area contributed by atoms with Gasteiger partial charge in [-0.2, -0.15) is 0 Å². The molecule has 3 aromatic rings. The Morgan fingerprint density at radius 1 is 1.27 bits per heavy atom. The number of benzene rings is 1. The summed E-state index contributed by atoms with van der Waals surface area (Å²) in [5, 5.41) is 4.97. The molecule has 7 heteroatoms. The van der Waals surface area contributed by atoms with Crippen molar-refractivity contribution in [1.29, 1.82) is 0 Å². The molecule has 2 aromatic heterocycles. The molecule has 4 heterocycles. The lowest BCUT2D eigenvalue weighted by Gasteiger charge is -2.57. The van der Waals surface area contributed by atoms with E-state index in [1.54, 1.807) is 7.11 Å². The number of methoxy groups -OCH3 is 1. The summed E-state index contributed by atoms with van der Waals surface area (Å²) in [6, 6.07) is 7.51. The van der Waals surface area contributed by atoms with Crippen LogP contribution >= 0.6 is 0 Å². The Bertz CT molecular complexity index is 1080. The molecule has 1 atom stereocenters. The molecule has 2 saturated heterocycles. The highest BCUT2D eigenvalue weighted by Gasteiger charge is 2.48. The first kappa shape index (κ1) is 19.2. The Kier molecular flexibility index (Phi) is 4.58. The predicted octanol–water partition coefficient (Wildman–Crippen LogP) is 3.93. The van der Waals surface area contributed by atoms with E-state index < -0.39 is 0 Å². The van der Waals surface area contributed by atoms with Crippen LogP contribution in [0.1, 0.15) is 46.8 Å². The van der Waals surface area contributed by atoms with Gasteiger partial charge >= 0.3 is 0 Å². The number of hydrogen-bond acceptors (Lipinski definition) is 6. The molecule has 5 rings (SSSR count). The first-order chi connectivity index (χ1) is 14.5. The first-order valence-corrected chi connectivity index (χ1v) is 10.5. The van der Waals surface area contributed by atoms with Crippen LogP contribution in [0.15, 0.2) is 33.2 Å². The summed E-state index contributed by atoms with van der Waals surface area (Å²) < 4.78 is 16.6. The number of piperidine rings is 1. The number of ether oxygens (including phenoxy) is 1. The molecule has 1 amide bonds. The second-order valence-corrected chi connectivity index (χ2v) is 8.52. The van der Waals surface area contributed by atoms with E-state index in [2.05, 4.69) is 10.1 Å². The number of para-hydroxylation sites is 1. The quantitative estimate of drug-likeness (QED) is 0.650. The fourth-order valence-electron chi connectivity index (χ4n) is 4.96. The van der Waals surface area contributed by atoms with E-state index in [1.165, 1.54) is 5.56 Å². The third-order valence-electron chi connectivity index (χ3n) is 6.83. The van der Waals surface area contributed by atoms with Crippen molar-refractivity contribution in [3.05, 3.63) is 47.0 Å². The smallest absolute Gasteiger partial charge is 0.289 e. The average Bonchev–Trinajstić information content (AvgIpc) is 3.34. The van der Waals surface area contributed by atoms with Crippen LogP contribution in [0.2, 0.25) is 0 Å². The first-order valence-electron chi connectivity index (χ1n) is 10.5. The van der Waals surface area contributed by atoms with Crippen LogP contribution in [-0.2, 0) is 6.54 Å². The fraction of sp³-hybridized carbons (Fsp3) is 0.478. The van der Waals surface area contributed by atoms with Gasteiger partial charge in [-0.1, -0.05) is 17.3 Å². The predicted molar refractivity (Wildman–Crippen MR) is 112 cm³/mol. The maximum atomic E-state index is 13.3. The molecule has 1 aromatic carbocycles. The Labute approximate surface area is 175 Å². The van der Waals surface area contributed by atoms with E-state index in [0.29, 0.717) is 17.1 Å². The number of likely N-dealkylation sites (tertiary alicyclic amines) is 2. The summed E-state index contributed by atoms with van der Waals surface area (Å²) in [6.07, 6.45) is 3.20. The van der Waals surface area contributed by atoms with Gasteiger partial charge in [-0.15, -0.1) is 0 Å². The Morgan fingerprint density at radius 2 is 2.13 bits per heavy atom. The molecular weight excluding hydrogens is 382 g/mol. The van der Waals surface area contributed by atoms with Crippen molar-refractivity contribution in [3.63, 3.8) is 0 Å². The standard InChI is InChI=1S/C23H27N3O4/c1-15-18(16(2)30-24-15)13-26-11-9-23(26)8-5-10-25(14-23)22(27)20-12-17-6-4-7-19(28-3)21(17)29-20/h4,6-7,12H,5,8-11,13-14H2,1-3H3/t23-/m1/s1. The minimum atomic E-state index is -0.0449. The van der Waals surface area contributed by atoms with E-state index in [0.717, 1.165) is 62.3 Å². The highest BCUT2D eigenvalue weighted by molar-refractivity contribution is 5.97. The molecule has 0 unspecified atom stereocenters. The molecule has 2 fully saturated rings. The second-order valence-electron chi connectivity index (χ2n) is 8.52. The zero-order valence-electron chi connectivity index (χ0n) is 17.7. The zero-order chi connectivity index (χ0) is 20.9. The molecule has 0 bridgehead atoms. The number of carbonyl (C=O) groups excluding carboxylic acids is 1. The lowest BCUT2D eigenvalue weighted by Crippen LogP contribution is -2.67. The number of hydrogen-bond donors (Lipinski definition) is 0. The van der Waals surface area contributed by atoms with Gasteiger partial charge in [0, 0.05) is 42.7 Å². The number of rotatable bonds is 4. The molecule has 0 saturated carbocycles. The number of nitrogens with zero attached hydrogens (tertiary/aromatic N) is 3. The summed E-state index contributed by atoms with van der Waals surface area (Å²) in [4.78, 5) is 17.7. The van der Waals surface area contributed by atoms with E-state index >= 15 is 0 Å². The van der Waals surface area contributed by atoms with Crippen LogP contribution in [0, 0.1) is 13.8 Å². The van der Waals surface area contributed by atoms with Crippen LogP contribution in [-0.4, -0.2) is 53.1 Å². The normalized spacial score (nSPS) is 21.9. The van der Waals surface area contributed by atoms with Crippen LogP contribution < -0.4 is 4.74 Å². The number of furan rings is 1. The van der Waals surface area contributed by atoms with Crippen molar-refractivity contribution < 1.29 is 18.5 Å². The molecule has 0 N–H and O–H groups in total. The molecule has 30 heavy (non-hydrogen) atoms. The second kappa shape index (κ2) is 7.16. The van der Waals surface area contributed by atoms with Crippen LogP contribution in [0.3, 0.4) is 0 Å². The van der Waals surface area contributed by atoms with Crippen molar-refractivity contribution in [2.24, 2.45) is 0 Å². The van der Waals surface area contributed by atoms with Gasteiger partial charge in [-0.25, -0.2) is 0 Å². The minimum absolute atomic E-state index is 0.0355. The van der Waals surface area contributed by atoms with Crippen molar-refractivity contribution >= 4 is 16.9 Å². The monoisotopic (exact) mass is 409 g/mol. The molecule has 2 aliphatic rings. The van der Waals surface area contributed by atoms with Gasteiger partial charge in [-0.05, 0) is 45.2 Å². The molecule has 7 nitrogen and oxygen atoms in total. The third kappa shape index (κ3) is 2.99.